The number of hydrogen-bond donors (Lipinski definition) is 2. The molecule has 112 valence electrons. The van der Waals surface area contributed by atoms with Crippen molar-refractivity contribution in [3.63, 3.8) is 0 Å². The second kappa shape index (κ2) is 4.71. The first kappa shape index (κ1) is 13.1. The molecule has 1 amide bonds. The number of fused-ring (bicyclic) bond motifs is 3. The third kappa shape index (κ3) is 2.03. The number of carbonyl (C=O) groups excluding carboxylic acids is 1. The monoisotopic (exact) mass is 286 g/mol. The maximum Gasteiger partial charge on any atom is 0.245 e. The second-order valence-electron chi connectivity index (χ2n) is 6.52. The van der Waals surface area contributed by atoms with Crippen LogP contribution in [0.4, 0.5) is 11.4 Å². The molecule has 5 nitrogen and oxygen atoms in total. The molecule has 0 spiro atoms. The summed E-state index contributed by atoms with van der Waals surface area (Å²) in [5.41, 5.74) is 8.87. The summed E-state index contributed by atoms with van der Waals surface area (Å²) in [7, 11) is 2.26. The van der Waals surface area contributed by atoms with Crippen molar-refractivity contribution >= 4 is 17.3 Å². The molecule has 0 saturated carbocycles. The van der Waals surface area contributed by atoms with E-state index >= 15 is 0 Å². The van der Waals surface area contributed by atoms with Crippen molar-refractivity contribution in [3.8, 4) is 0 Å². The summed E-state index contributed by atoms with van der Waals surface area (Å²) in [5.74, 6) is -0.100. The van der Waals surface area contributed by atoms with Gasteiger partial charge in [-0.1, -0.05) is 6.07 Å². The minimum atomic E-state index is -0.514. The van der Waals surface area contributed by atoms with E-state index in [0.29, 0.717) is 6.04 Å². The van der Waals surface area contributed by atoms with Crippen LogP contribution in [0.1, 0.15) is 30.9 Å². The fourth-order valence-corrected chi connectivity index (χ4v) is 4.02. The van der Waals surface area contributed by atoms with Gasteiger partial charge in [0.15, 0.2) is 0 Å². The van der Waals surface area contributed by atoms with Crippen LogP contribution in [-0.2, 0) is 4.79 Å². The maximum atomic E-state index is 11.7. The molecule has 3 atom stereocenters. The zero-order valence-corrected chi connectivity index (χ0v) is 12.4. The molecule has 3 unspecified atom stereocenters. The van der Waals surface area contributed by atoms with Gasteiger partial charge in [0.1, 0.15) is 6.04 Å². The molecule has 3 aliphatic rings. The average Bonchev–Trinajstić information content (AvgIpc) is 2.87. The molecule has 2 saturated heterocycles. The average molecular weight is 286 g/mol. The number of nitrogens with two attached hydrogens (primary N) is 1. The van der Waals surface area contributed by atoms with E-state index in [2.05, 4.69) is 34.3 Å². The Morgan fingerprint density at radius 2 is 2.05 bits per heavy atom. The molecular formula is C16H22N4O. The van der Waals surface area contributed by atoms with Crippen LogP contribution in [0.25, 0.3) is 0 Å². The third-order valence-electron chi connectivity index (χ3n) is 5.43. The first-order valence-electron chi connectivity index (χ1n) is 7.81. The lowest BCUT2D eigenvalue weighted by Crippen LogP contribution is -2.36. The van der Waals surface area contributed by atoms with Gasteiger partial charge in [0.05, 0.1) is 0 Å². The summed E-state index contributed by atoms with van der Waals surface area (Å²) in [4.78, 5) is 16.7. The van der Waals surface area contributed by atoms with Gasteiger partial charge in [-0.3, -0.25) is 9.69 Å². The van der Waals surface area contributed by atoms with E-state index in [1.807, 2.05) is 6.07 Å². The molecule has 3 aliphatic heterocycles. The number of anilines is 2. The van der Waals surface area contributed by atoms with Gasteiger partial charge in [-0.2, -0.15) is 0 Å². The van der Waals surface area contributed by atoms with E-state index in [1.165, 1.54) is 24.9 Å². The minimum absolute atomic E-state index is 0.100. The number of amides is 1. The lowest BCUT2D eigenvalue weighted by atomic mass is 10.1. The Kier molecular flexibility index (Phi) is 2.94. The molecule has 4 rings (SSSR count). The quantitative estimate of drug-likeness (QED) is 0.817. The van der Waals surface area contributed by atoms with Gasteiger partial charge in [-0.25, -0.2) is 0 Å². The summed E-state index contributed by atoms with van der Waals surface area (Å²) in [6.07, 6.45) is 3.85. The van der Waals surface area contributed by atoms with Crippen LogP contribution in [0.15, 0.2) is 18.2 Å². The first-order chi connectivity index (χ1) is 10.1. The highest BCUT2D eigenvalue weighted by molar-refractivity contribution is 6.02. The molecule has 1 aromatic carbocycles. The number of carbonyl (C=O) groups is 1. The predicted octanol–water partition coefficient (Wildman–Crippen LogP) is 1.31. The molecule has 0 aliphatic carbocycles. The standard InChI is InChI=1S/C16H22N4O/c1-19-10-2-3-12(19)9-20(7-6-10)11-4-5-13-14(8-11)18-16(21)15(13)17/h4-5,8,10,12,15H,2-3,6-7,9,17H2,1H3,(H,18,21). The zero-order chi connectivity index (χ0) is 14.6. The molecule has 1 aromatic rings. The van der Waals surface area contributed by atoms with Gasteiger partial charge in [0.2, 0.25) is 5.91 Å². The number of rotatable bonds is 1. The van der Waals surface area contributed by atoms with E-state index in [9.17, 15) is 4.79 Å². The van der Waals surface area contributed by atoms with Crippen LogP contribution in [-0.4, -0.2) is 43.0 Å². The van der Waals surface area contributed by atoms with Crippen molar-refractivity contribution in [3.05, 3.63) is 23.8 Å². The SMILES string of the molecule is CN1C2CCC1CN(c1ccc3c(c1)NC(=O)C3N)CC2. The van der Waals surface area contributed by atoms with Crippen molar-refractivity contribution in [1.29, 1.82) is 0 Å². The van der Waals surface area contributed by atoms with Gasteiger partial charge in [0.25, 0.3) is 0 Å². The molecule has 0 aromatic heterocycles. The van der Waals surface area contributed by atoms with E-state index in [4.69, 9.17) is 5.73 Å². The normalized spacial score (nSPS) is 32.0. The van der Waals surface area contributed by atoms with Crippen LogP contribution in [0.5, 0.6) is 0 Å². The Labute approximate surface area is 125 Å². The number of hydrogen-bond acceptors (Lipinski definition) is 4. The summed E-state index contributed by atoms with van der Waals surface area (Å²) < 4.78 is 0. The number of likely N-dealkylation sites (N-methyl/N-ethyl adjacent to an activating group) is 1. The first-order valence-corrected chi connectivity index (χ1v) is 7.81. The van der Waals surface area contributed by atoms with Crippen LogP contribution in [0.3, 0.4) is 0 Å². The van der Waals surface area contributed by atoms with Crippen LogP contribution >= 0.6 is 0 Å². The summed E-state index contributed by atoms with van der Waals surface area (Å²) in [6, 6.07) is 7.07. The Morgan fingerprint density at radius 1 is 1.24 bits per heavy atom. The van der Waals surface area contributed by atoms with Gasteiger partial charge in [-0.15, -0.1) is 0 Å². The Balaban J connectivity index is 1.60. The molecule has 0 radical (unpaired) electrons. The number of nitrogens with zero attached hydrogens (tertiary/aromatic N) is 2. The lowest BCUT2D eigenvalue weighted by Gasteiger charge is -2.28. The van der Waals surface area contributed by atoms with Crippen LogP contribution in [0.2, 0.25) is 0 Å². The Morgan fingerprint density at radius 3 is 2.90 bits per heavy atom. The Hall–Kier alpha value is -1.59. The molecule has 5 heteroatoms. The predicted molar refractivity (Wildman–Crippen MR) is 83.4 cm³/mol. The van der Waals surface area contributed by atoms with Gasteiger partial charge in [-0.05, 0) is 38.4 Å². The van der Waals surface area contributed by atoms with Crippen molar-refractivity contribution in [1.82, 2.24) is 4.90 Å². The summed E-state index contributed by atoms with van der Waals surface area (Å²) >= 11 is 0. The lowest BCUT2D eigenvalue weighted by molar-refractivity contribution is -0.116. The molecule has 3 N–H and O–H groups in total. The largest absolute Gasteiger partial charge is 0.370 e. The second-order valence-corrected chi connectivity index (χ2v) is 6.52. The topological polar surface area (TPSA) is 61.6 Å². The van der Waals surface area contributed by atoms with Crippen molar-refractivity contribution in [2.24, 2.45) is 5.73 Å². The van der Waals surface area contributed by atoms with E-state index in [0.717, 1.165) is 30.4 Å². The van der Waals surface area contributed by atoms with E-state index in [1.54, 1.807) is 0 Å². The smallest absolute Gasteiger partial charge is 0.245 e. The molecular weight excluding hydrogens is 264 g/mol. The molecule has 21 heavy (non-hydrogen) atoms. The van der Waals surface area contributed by atoms with Crippen molar-refractivity contribution < 1.29 is 4.79 Å². The molecule has 2 bridgehead atoms. The number of benzene rings is 1. The Bertz CT molecular complexity index is 588. The highest BCUT2D eigenvalue weighted by Crippen LogP contribution is 2.35. The highest BCUT2D eigenvalue weighted by atomic mass is 16.2. The van der Waals surface area contributed by atoms with Crippen LogP contribution < -0.4 is 16.0 Å². The number of nitrogens with one attached hydrogen (secondary N) is 1. The highest BCUT2D eigenvalue weighted by Gasteiger charge is 2.35. The fraction of sp³-hybridized carbons (Fsp3) is 0.562. The van der Waals surface area contributed by atoms with E-state index < -0.39 is 6.04 Å². The van der Waals surface area contributed by atoms with Gasteiger partial charge >= 0.3 is 0 Å². The van der Waals surface area contributed by atoms with Crippen molar-refractivity contribution in [2.45, 2.75) is 37.4 Å². The maximum absolute atomic E-state index is 11.7. The van der Waals surface area contributed by atoms with Gasteiger partial charge < -0.3 is 16.0 Å². The fourth-order valence-electron chi connectivity index (χ4n) is 4.02. The van der Waals surface area contributed by atoms with E-state index in [-0.39, 0.29) is 5.91 Å². The minimum Gasteiger partial charge on any atom is -0.370 e. The third-order valence-corrected chi connectivity index (χ3v) is 5.43. The van der Waals surface area contributed by atoms with Crippen LogP contribution in [0, 0.1) is 0 Å². The van der Waals surface area contributed by atoms with Crippen molar-refractivity contribution in [2.75, 3.05) is 30.4 Å². The summed E-state index contributed by atoms with van der Waals surface area (Å²) in [5, 5.41) is 2.88. The van der Waals surface area contributed by atoms with Gasteiger partial charge in [0, 0.05) is 42.1 Å². The molecule has 3 heterocycles. The summed E-state index contributed by atoms with van der Waals surface area (Å²) in [6.45, 7) is 2.16. The zero-order valence-electron chi connectivity index (χ0n) is 12.4. The molecule has 2 fully saturated rings.